The number of fused-ring (bicyclic) bond motifs is 2. The number of carbonyl (C=O) groups is 2. The molecule has 3 atom stereocenters. The minimum Gasteiger partial charge on any atom is -0.481 e. The summed E-state index contributed by atoms with van der Waals surface area (Å²) in [7, 11) is 0. The van der Waals surface area contributed by atoms with Crippen LogP contribution in [0.15, 0.2) is 48.7 Å². The predicted molar refractivity (Wildman–Crippen MR) is 123 cm³/mol. The predicted octanol–water partition coefficient (Wildman–Crippen LogP) is 4.81. The van der Waals surface area contributed by atoms with Crippen LogP contribution in [-0.4, -0.2) is 27.1 Å². The van der Waals surface area contributed by atoms with E-state index in [1.165, 1.54) is 6.07 Å². The Morgan fingerprint density at radius 2 is 1.97 bits per heavy atom. The molecule has 3 aromatic rings. The first kappa shape index (κ1) is 20.5. The maximum absolute atomic E-state index is 14.5. The Balaban J connectivity index is 1.42. The minimum absolute atomic E-state index is 0.120. The first-order valence-corrected chi connectivity index (χ1v) is 11.3. The Hall–Kier alpha value is -2.42. The highest BCUT2D eigenvalue weighted by Gasteiger charge is 2.73. The Bertz CT molecular complexity index is 1220. The zero-order valence-electron chi connectivity index (χ0n) is 17.0. The second-order valence-electron chi connectivity index (χ2n) is 9.20. The van der Waals surface area contributed by atoms with Gasteiger partial charge in [0.15, 0.2) is 0 Å². The van der Waals surface area contributed by atoms with E-state index in [0.29, 0.717) is 29.4 Å². The molecule has 0 bridgehead atoms. The number of nitrogens with one attached hydrogen (secondary N) is 1. The van der Waals surface area contributed by atoms with Gasteiger partial charge >= 0.3 is 5.97 Å². The number of halogens is 2. The summed E-state index contributed by atoms with van der Waals surface area (Å²) in [6, 6.07) is 12.7. The van der Waals surface area contributed by atoms with Crippen molar-refractivity contribution in [3.63, 3.8) is 0 Å². The molecule has 7 heteroatoms. The number of aliphatic carboxylic acids is 1. The lowest BCUT2D eigenvalue weighted by atomic mass is 9.65. The normalized spacial score (nSPS) is 26.2. The fourth-order valence-corrected chi connectivity index (χ4v) is 5.89. The molecule has 1 aromatic heterocycles. The van der Waals surface area contributed by atoms with Crippen molar-refractivity contribution in [3.8, 4) is 0 Å². The zero-order valence-corrected chi connectivity index (χ0v) is 19.1. The highest BCUT2D eigenvalue weighted by Crippen LogP contribution is 2.71. The Kier molecular flexibility index (Phi) is 4.66. The molecule has 0 spiro atoms. The highest BCUT2D eigenvalue weighted by atomic mass is 127. The van der Waals surface area contributed by atoms with Crippen molar-refractivity contribution in [2.24, 2.45) is 11.3 Å². The van der Waals surface area contributed by atoms with Crippen molar-refractivity contribution < 1.29 is 19.1 Å². The first-order valence-electron chi connectivity index (χ1n) is 10.3. The summed E-state index contributed by atoms with van der Waals surface area (Å²) in [4.78, 5) is 24.4. The summed E-state index contributed by atoms with van der Waals surface area (Å²) in [5.74, 6) is -1.20. The van der Waals surface area contributed by atoms with Gasteiger partial charge in [-0.1, -0.05) is 19.1 Å². The third-order valence-corrected chi connectivity index (χ3v) is 7.66. The third kappa shape index (κ3) is 3.43. The standard InChI is InChI=1S/C24H22FIN2O3/c1-23(11-20(29)30)13-24(10-19(23)24)27-22(31)17-6-7-18(25)16-8-9-28(21(16)17)12-14-2-4-15(26)5-3-14/h2-9,19H,10-13H2,1H3,(H,27,31)(H,29,30)/t19-,23+,24?/m0/s1. The lowest BCUT2D eigenvalue weighted by molar-refractivity contribution is -0.141. The minimum atomic E-state index is -0.803. The van der Waals surface area contributed by atoms with E-state index in [4.69, 9.17) is 5.11 Å². The van der Waals surface area contributed by atoms with Gasteiger partial charge in [0.25, 0.3) is 5.91 Å². The van der Waals surface area contributed by atoms with Crippen LogP contribution < -0.4 is 5.32 Å². The molecule has 160 valence electrons. The molecule has 2 aromatic carbocycles. The molecule has 2 fully saturated rings. The van der Waals surface area contributed by atoms with Crippen molar-refractivity contribution in [3.05, 3.63) is 69.2 Å². The van der Waals surface area contributed by atoms with Gasteiger partial charge in [0.1, 0.15) is 5.82 Å². The Labute approximate surface area is 192 Å². The largest absolute Gasteiger partial charge is 0.481 e. The van der Waals surface area contributed by atoms with Crippen molar-refractivity contribution in [2.75, 3.05) is 0 Å². The number of carboxylic acid groups (broad SMARTS) is 1. The molecule has 0 radical (unpaired) electrons. The van der Waals surface area contributed by atoms with Crippen molar-refractivity contribution in [2.45, 2.75) is 38.3 Å². The monoisotopic (exact) mass is 532 g/mol. The first-order chi connectivity index (χ1) is 14.7. The summed E-state index contributed by atoms with van der Waals surface area (Å²) >= 11 is 2.25. The van der Waals surface area contributed by atoms with E-state index in [0.717, 1.165) is 15.6 Å². The topological polar surface area (TPSA) is 71.3 Å². The van der Waals surface area contributed by atoms with Gasteiger partial charge in [-0.25, -0.2) is 4.39 Å². The second kappa shape index (κ2) is 7.05. The molecular weight excluding hydrogens is 510 g/mol. The number of benzene rings is 2. The lowest BCUT2D eigenvalue weighted by Gasteiger charge is -2.44. The summed E-state index contributed by atoms with van der Waals surface area (Å²) in [5.41, 5.74) is 1.52. The van der Waals surface area contributed by atoms with Crippen LogP contribution in [0.3, 0.4) is 0 Å². The van der Waals surface area contributed by atoms with Gasteiger partial charge in [-0.2, -0.15) is 0 Å². The van der Waals surface area contributed by atoms with Gasteiger partial charge < -0.3 is 15.0 Å². The number of amides is 1. The molecule has 2 aliphatic rings. The van der Waals surface area contributed by atoms with Crippen molar-refractivity contribution in [1.82, 2.24) is 9.88 Å². The van der Waals surface area contributed by atoms with Gasteiger partial charge in [0.2, 0.25) is 0 Å². The molecule has 31 heavy (non-hydrogen) atoms. The number of rotatable bonds is 6. The molecule has 5 nitrogen and oxygen atoms in total. The maximum Gasteiger partial charge on any atom is 0.303 e. The second-order valence-corrected chi connectivity index (χ2v) is 10.4. The molecule has 1 amide bonds. The fraction of sp³-hybridized carbons (Fsp3) is 0.333. The van der Waals surface area contributed by atoms with Crippen LogP contribution in [0.25, 0.3) is 10.9 Å². The van der Waals surface area contributed by atoms with E-state index in [1.807, 2.05) is 42.0 Å². The van der Waals surface area contributed by atoms with E-state index < -0.39 is 5.97 Å². The summed E-state index contributed by atoms with van der Waals surface area (Å²) in [6.07, 6.45) is 3.40. The zero-order chi connectivity index (χ0) is 22.0. The number of nitrogens with zero attached hydrogens (tertiary/aromatic N) is 1. The van der Waals surface area contributed by atoms with Gasteiger partial charge in [-0.05, 0) is 82.7 Å². The highest BCUT2D eigenvalue weighted by molar-refractivity contribution is 14.1. The van der Waals surface area contributed by atoms with Crippen LogP contribution in [0.2, 0.25) is 0 Å². The van der Waals surface area contributed by atoms with Gasteiger partial charge in [-0.15, -0.1) is 0 Å². The van der Waals surface area contributed by atoms with E-state index in [9.17, 15) is 14.0 Å². The van der Waals surface area contributed by atoms with Crippen LogP contribution in [0.4, 0.5) is 4.39 Å². The average molecular weight is 532 g/mol. The number of hydrogen-bond acceptors (Lipinski definition) is 2. The molecule has 5 rings (SSSR count). The van der Waals surface area contributed by atoms with E-state index in [-0.39, 0.29) is 35.0 Å². The maximum atomic E-state index is 14.5. The number of aromatic nitrogens is 1. The lowest BCUT2D eigenvalue weighted by Crippen LogP contribution is -2.52. The number of carboxylic acids is 1. The molecule has 0 aliphatic heterocycles. The van der Waals surface area contributed by atoms with Crippen LogP contribution in [-0.2, 0) is 11.3 Å². The quantitative estimate of drug-likeness (QED) is 0.448. The van der Waals surface area contributed by atoms with Crippen molar-refractivity contribution >= 4 is 45.4 Å². The van der Waals surface area contributed by atoms with Crippen LogP contribution >= 0.6 is 22.6 Å². The SMILES string of the molecule is C[C@@]1(CC(=O)O)CC2(NC(=O)c3ccc(F)c4ccn(Cc5ccc(I)cc5)c34)C[C@H]21. The summed E-state index contributed by atoms with van der Waals surface area (Å²) < 4.78 is 17.5. The fourth-order valence-electron chi connectivity index (χ4n) is 5.53. The molecule has 2 aliphatic carbocycles. The van der Waals surface area contributed by atoms with Crippen LogP contribution in [0.5, 0.6) is 0 Å². The van der Waals surface area contributed by atoms with E-state index in [1.54, 1.807) is 12.1 Å². The number of carbonyl (C=O) groups excluding carboxylic acids is 1. The summed E-state index contributed by atoms with van der Waals surface area (Å²) in [5, 5.41) is 12.7. The molecule has 2 saturated carbocycles. The van der Waals surface area contributed by atoms with E-state index >= 15 is 0 Å². The van der Waals surface area contributed by atoms with Gasteiger partial charge in [0, 0.05) is 27.2 Å². The molecule has 2 N–H and O–H groups in total. The Morgan fingerprint density at radius 1 is 1.23 bits per heavy atom. The van der Waals surface area contributed by atoms with Crippen LogP contribution in [0.1, 0.15) is 42.1 Å². The molecule has 0 saturated heterocycles. The van der Waals surface area contributed by atoms with E-state index in [2.05, 4.69) is 27.9 Å². The van der Waals surface area contributed by atoms with Gasteiger partial charge in [-0.3, -0.25) is 9.59 Å². The summed E-state index contributed by atoms with van der Waals surface area (Å²) in [6.45, 7) is 2.51. The Morgan fingerprint density at radius 3 is 2.65 bits per heavy atom. The molecule has 1 heterocycles. The van der Waals surface area contributed by atoms with Crippen LogP contribution in [0, 0.1) is 20.7 Å². The van der Waals surface area contributed by atoms with Gasteiger partial charge in [0.05, 0.1) is 17.5 Å². The molecular formula is C24H22FIN2O3. The smallest absolute Gasteiger partial charge is 0.303 e. The average Bonchev–Trinajstić information content (AvgIpc) is 3.11. The third-order valence-electron chi connectivity index (χ3n) is 6.94. The number of hydrogen-bond donors (Lipinski definition) is 2. The molecule has 1 unspecified atom stereocenters. The van der Waals surface area contributed by atoms with Crippen molar-refractivity contribution in [1.29, 1.82) is 0 Å².